The first-order valence-electron chi connectivity index (χ1n) is 6.89. The number of halogens is 3. The molecule has 1 fully saturated rings. The number of hydrogen-bond acceptors (Lipinski definition) is 4. The molecule has 0 spiro atoms. The summed E-state index contributed by atoms with van der Waals surface area (Å²) in [6, 6.07) is 0.385. The Morgan fingerprint density at radius 2 is 2.29 bits per heavy atom. The van der Waals surface area contributed by atoms with Gasteiger partial charge in [0.05, 0.1) is 6.54 Å². The highest BCUT2D eigenvalue weighted by atomic mass is 19.4. The molecule has 2 heterocycles. The summed E-state index contributed by atoms with van der Waals surface area (Å²) in [5, 5.41) is 9.43. The fourth-order valence-corrected chi connectivity index (χ4v) is 2.64. The van der Waals surface area contributed by atoms with Gasteiger partial charge in [-0.3, -0.25) is 9.69 Å². The van der Waals surface area contributed by atoms with Gasteiger partial charge in [-0.05, 0) is 25.8 Å². The number of aliphatic hydroxyl groups is 1. The number of nitrogens with zero attached hydrogens (tertiary/aromatic N) is 2. The van der Waals surface area contributed by atoms with Gasteiger partial charge in [0.15, 0.2) is 6.10 Å². The lowest BCUT2D eigenvalue weighted by atomic mass is 10.1. The van der Waals surface area contributed by atoms with Crippen molar-refractivity contribution in [3.63, 3.8) is 0 Å². The van der Waals surface area contributed by atoms with E-state index < -0.39 is 18.3 Å². The van der Waals surface area contributed by atoms with Crippen LogP contribution >= 0.6 is 0 Å². The maximum Gasteiger partial charge on any atom is 0.415 e. The number of likely N-dealkylation sites (tertiary alicyclic amines) is 1. The van der Waals surface area contributed by atoms with E-state index in [1.165, 1.54) is 11.0 Å². The summed E-state index contributed by atoms with van der Waals surface area (Å²) in [6.45, 7) is 2.39. The molecule has 118 valence electrons. The molecule has 0 unspecified atom stereocenters. The van der Waals surface area contributed by atoms with Crippen LogP contribution in [0.15, 0.2) is 10.9 Å². The number of aromatic nitrogens is 2. The van der Waals surface area contributed by atoms with Gasteiger partial charge in [0.1, 0.15) is 5.82 Å². The summed E-state index contributed by atoms with van der Waals surface area (Å²) in [5.74, 6) is 0.334. The van der Waals surface area contributed by atoms with Gasteiger partial charge in [-0.15, -0.1) is 0 Å². The van der Waals surface area contributed by atoms with Crippen molar-refractivity contribution < 1.29 is 18.3 Å². The quantitative estimate of drug-likeness (QED) is 0.877. The van der Waals surface area contributed by atoms with Crippen LogP contribution in [0.1, 0.15) is 31.3 Å². The first-order chi connectivity index (χ1) is 9.81. The van der Waals surface area contributed by atoms with Crippen molar-refractivity contribution in [3.05, 3.63) is 27.9 Å². The minimum absolute atomic E-state index is 0.0981. The molecule has 5 nitrogen and oxygen atoms in total. The Balaban J connectivity index is 2.15. The zero-order chi connectivity index (χ0) is 15.6. The Morgan fingerprint density at radius 1 is 1.57 bits per heavy atom. The van der Waals surface area contributed by atoms with Gasteiger partial charge < -0.3 is 10.1 Å². The summed E-state index contributed by atoms with van der Waals surface area (Å²) in [6.07, 6.45) is -5.58. The van der Waals surface area contributed by atoms with Crippen molar-refractivity contribution in [1.29, 1.82) is 0 Å². The number of aromatic amines is 1. The second-order valence-electron chi connectivity index (χ2n) is 5.20. The molecule has 2 rings (SSSR count). The molecule has 1 aromatic heterocycles. The third-order valence-corrected chi connectivity index (χ3v) is 3.67. The predicted octanol–water partition coefficient (Wildman–Crippen LogP) is 1.22. The van der Waals surface area contributed by atoms with E-state index in [4.69, 9.17) is 0 Å². The normalized spacial score (nSPS) is 21.7. The SMILES string of the molecule is CCc1cc(=O)[nH]c(CN2CCC[C@@H]2[C@H](O)C(F)(F)F)n1. The van der Waals surface area contributed by atoms with Gasteiger partial charge >= 0.3 is 6.18 Å². The molecule has 0 aromatic carbocycles. The largest absolute Gasteiger partial charge is 0.415 e. The fraction of sp³-hybridized carbons (Fsp3) is 0.692. The maximum absolute atomic E-state index is 12.6. The fourth-order valence-electron chi connectivity index (χ4n) is 2.64. The number of alkyl halides is 3. The molecule has 0 aliphatic carbocycles. The van der Waals surface area contributed by atoms with E-state index >= 15 is 0 Å². The molecule has 0 bridgehead atoms. The van der Waals surface area contributed by atoms with Gasteiger partial charge in [-0.2, -0.15) is 13.2 Å². The first-order valence-corrected chi connectivity index (χ1v) is 6.89. The average molecular weight is 305 g/mol. The highest BCUT2D eigenvalue weighted by Gasteiger charge is 2.47. The lowest BCUT2D eigenvalue weighted by Crippen LogP contribution is -2.46. The van der Waals surface area contributed by atoms with Gasteiger partial charge in [0.2, 0.25) is 0 Å². The third kappa shape index (κ3) is 3.82. The van der Waals surface area contributed by atoms with Crippen LogP contribution < -0.4 is 5.56 Å². The zero-order valence-corrected chi connectivity index (χ0v) is 11.7. The van der Waals surface area contributed by atoms with Crippen LogP contribution in [0, 0.1) is 0 Å². The number of H-pyrrole nitrogens is 1. The maximum atomic E-state index is 12.6. The van der Waals surface area contributed by atoms with Crippen molar-refractivity contribution in [2.45, 2.75) is 51.1 Å². The number of rotatable bonds is 4. The van der Waals surface area contributed by atoms with Crippen LogP contribution in [0.4, 0.5) is 13.2 Å². The van der Waals surface area contributed by atoms with E-state index in [1.807, 2.05) is 6.92 Å². The lowest BCUT2D eigenvalue weighted by Gasteiger charge is -2.29. The standard InChI is InChI=1S/C13H18F3N3O2/c1-2-8-6-11(20)18-10(17-8)7-19-5-3-4-9(19)12(21)13(14,15)16/h6,9,12,21H,2-5,7H2,1H3,(H,17,18,20)/t9-,12+/m1/s1. The molecule has 8 heteroatoms. The summed E-state index contributed by atoms with van der Waals surface area (Å²) in [4.78, 5) is 19.7. The molecule has 1 aliphatic heterocycles. The van der Waals surface area contributed by atoms with Crippen LogP contribution in [-0.4, -0.2) is 44.8 Å². The summed E-state index contributed by atoms with van der Waals surface area (Å²) in [5.41, 5.74) is 0.282. The molecular weight excluding hydrogens is 287 g/mol. The van der Waals surface area contributed by atoms with E-state index in [0.717, 1.165) is 0 Å². The van der Waals surface area contributed by atoms with Crippen LogP contribution in [0.3, 0.4) is 0 Å². The first kappa shape index (κ1) is 16.0. The average Bonchev–Trinajstić information content (AvgIpc) is 2.83. The van der Waals surface area contributed by atoms with Crippen molar-refractivity contribution in [1.82, 2.24) is 14.9 Å². The Hall–Kier alpha value is -1.41. The summed E-state index contributed by atoms with van der Waals surface area (Å²) < 4.78 is 37.9. The van der Waals surface area contributed by atoms with Gasteiger partial charge in [-0.1, -0.05) is 6.92 Å². The van der Waals surface area contributed by atoms with Gasteiger partial charge in [0.25, 0.3) is 5.56 Å². The Kier molecular flexibility index (Phi) is 4.67. The number of hydrogen-bond donors (Lipinski definition) is 2. The highest BCUT2D eigenvalue weighted by molar-refractivity contribution is 5.03. The molecular formula is C13H18F3N3O2. The molecule has 0 radical (unpaired) electrons. The van der Waals surface area contributed by atoms with Crippen molar-refractivity contribution in [3.8, 4) is 0 Å². The van der Waals surface area contributed by atoms with Gasteiger partial charge in [-0.25, -0.2) is 4.98 Å². The van der Waals surface area contributed by atoms with E-state index in [2.05, 4.69) is 9.97 Å². The highest BCUT2D eigenvalue weighted by Crippen LogP contribution is 2.31. The summed E-state index contributed by atoms with van der Waals surface area (Å²) in [7, 11) is 0. The van der Waals surface area contributed by atoms with E-state index in [-0.39, 0.29) is 18.5 Å². The monoisotopic (exact) mass is 305 g/mol. The van der Waals surface area contributed by atoms with Crippen molar-refractivity contribution in [2.75, 3.05) is 6.54 Å². The van der Waals surface area contributed by atoms with E-state index in [9.17, 15) is 23.1 Å². The molecule has 0 amide bonds. The minimum Gasteiger partial charge on any atom is -0.382 e. The molecule has 1 aliphatic rings. The van der Waals surface area contributed by atoms with Crippen molar-refractivity contribution in [2.24, 2.45) is 0 Å². The van der Waals surface area contributed by atoms with E-state index in [1.54, 1.807) is 0 Å². The second-order valence-corrected chi connectivity index (χ2v) is 5.20. The molecule has 2 N–H and O–H groups in total. The smallest absolute Gasteiger partial charge is 0.382 e. The number of nitrogens with one attached hydrogen (secondary N) is 1. The topological polar surface area (TPSA) is 69.2 Å². The lowest BCUT2D eigenvalue weighted by molar-refractivity contribution is -0.219. The zero-order valence-electron chi connectivity index (χ0n) is 11.7. The van der Waals surface area contributed by atoms with Crippen LogP contribution in [-0.2, 0) is 13.0 Å². The van der Waals surface area contributed by atoms with Crippen LogP contribution in [0.2, 0.25) is 0 Å². The Morgan fingerprint density at radius 3 is 2.90 bits per heavy atom. The molecule has 2 atom stereocenters. The number of aryl methyl sites for hydroxylation is 1. The molecule has 1 saturated heterocycles. The van der Waals surface area contributed by atoms with Gasteiger partial charge in [0, 0.05) is 17.8 Å². The second kappa shape index (κ2) is 6.15. The minimum atomic E-state index is -4.64. The molecule has 0 saturated carbocycles. The van der Waals surface area contributed by atoms with Crippen LogP contribution in [0.25, 0.3) is 0 Å². The summed E-state index contributed by atoms with van der Waals surface area (Å²) >= 11 is 0. The third-order valence-electron chi connectivity index (χ3n) is 3.67. The predicted molar refractivity (Wildman–Crippen MR) is 69.7 cm³/mol. The molecule has 21 heavy (non-hydrogen) atoms. The molecule has 1 aromatic rings. The number of aliphatic hydroxyl groups excluding tert-OH is 1. The van der Waals surface area contributed by atoms with Crippen molar-refractivity contribution >= 4 is 0 Å². The Bertz CT molecular complexity index is 544. The van der Waals surface area contributed by atoms with E-state index in [0.29, 0.717) is 30.9 Å². The van der Waals surface area contributed by atoms with Crippen LogP contribution in [0.5, 0.6) is 0 Å². The Labute approximate surface area is 119 Å².